The Morgan fingerprint density at radius 2 is 1.82 bits per heavy atom. The second kappa shape index (κ2) is 9.35. The minimum absolute atomic E-state index is 0.246. The van der Waals surface area contributed by atoms with Crippen molar-refractivity contribution >= 4 is 29.1 Å². The largest absolute Gasteiger partial charge is 0.465 e. The summed E-state index contributed by atoms with van der Waals surface area (Å²) in [6.45, 7) is 5.68. The van der Waals surface area contributed by atoms with E-state index in [1.165, 1.54) is 28.9 Å². The number of ether oxygens (including phenoxy) is 2. The van der Waals surface area contributed by atoms with Crippen LogP contribution < -0.4 is 0 Å². The third kappa shape index (κ3) is 4.64. The molecule has 0 amide bonds. The number of hydrogen-bond donors (Lipinski definition) is 0. The standard InChI is InChI=1S/C26H27NO5S/c1-15-5-10-23-19(11-15)13-24(33-23)26(30)32-14-22(28)21-12-16(2)27(17(21)3)20-8-6-18(7-9-20)25(29)31-4/h6-9,12-13,15H,5,10-11,14H2,1-4H3. The number of fused-ring (bicyclic) bond motifs is 1. The molecule has 7 heteroatoms. The molecule has 0 aliphatic heterocycles. The first-order chi connectivity index (χ1) is 15.8. The van der Waals surface area contributed by atoms with Gasteiger partial charge in [0.2, 0.25) is 5.78 Å². The summed E-state index contributed by atoms with van der Waals surface area (Å²) in [5.74, 6) is -0.461. The van der Waals surface area contributed by atoms with Gasteiger partial charge in [-0.15, -0.1) is 11.3 Å². The quantitative estimate of drug-likeness (QED) is 0.374. The van der Waals surface area contributed by atoms with Crippen LogP contribution in [0.2, 0.25) is 0 Å². The van der Waals surface area contributed by atoms with Gasteiger partial charge in [0.05, 0.1) is 12.7 Å². The van der Waals surface area contributed by atoms with Crippen LogP contribution in [0.25, 0.3) is 5.69 Å². The molecule has 0 fully saturated rings. The van der Waals surface area contributed by atoms with Gasteiger partial charge in [-0.05, 0) is 81.0 Å². The van der Waals surface area contributed by atoms with Crippen molar-refractivity contribution in [3.05, 3.63) is 74.2 Å². The Kier molecular flexibility index (Phi) is 6.51. The molecule has 1 atom stereocenters. The fourth-order valence-electron chi connectivity index (χ4n) is 4.39. The van der Waals surface area contributed by atoms with Gasteiger partial charge in [-0.1, -0.05) is 6.92 Å². The summed E-state index contributed by atoms with van der Waals surface area (Å²) in [5, 5.41) is 0. The predicted octanol–water partition coefficient (Wildman–Crippen LogP) is 5.11. The van der Waals surface area contributed by atoms with Gasteiger partial charge >= 0.3 is 11.9 Å². The lowest BCUT2D eigenvalue weighted by atomic mass is 9.90. The van der Waals surface area contributed by atoms with E-state index in [1.54, 1.807) is 30.3 Å². The summed E-state index contributed by atoms with van der Waals surface area (Å²) in [5.41, 5.74) is 4.65. The van der Waals surface area contributed by atoms with Crippen molar-refractivity contribution < 1.29 is 23.9 Å². The van der Waals surface area contributed by atoms with E-state index in [0.717, 1.165) is 36.3 Å². The highest BCUT2D eigenvalue weighted by Gasteiger charge is 2.23. The molecule has 0 bridgehead atoms. The van der Waals surface area contributed by atoms with Gasteiger partial charge in [-0.3, -0.25) is 4.79 Å². The first kappa shape index (κ1) is 23.0. The molecule has 1 aromatic carbocycles. The van der Waals surface area contributed by atoms with Crippen LogP contribution in [0.4, 0.5) is 0 Å². The third-order valence-electron chi connectivity index (χ3n) is 6.14. The number of esters is 2. The summed E-state index contributed by atoms with van der Waals surface area (Å²) in [4.78, 5) is 38.9. The van der Waals surface area contributed by atoms with Crippen LogP contribution in [0.1, 0.15) is 65.6 Å². The second-order valence-electron chi connectivity index (χ2n) is 8.57. The van der Waals surface area contributed by atoms with Crippen LogP contribution in [0.3, 0.4) is 0 Å². The lowest BCUT2D eigenvalue weighted by Crippen LogP contribution is -2.14. The van der Waals surface area contributed by atoms with Crippen molar-refractivity contribution in [3.8, 4) is 5.69 Å². The molecule has 0 saturated heterocycles. The molecule has 33 heavy (non-hydrogen) atoms. The Morgan fingerprint density at radius 1 is 1.09 bits per heavy atom. The van der Waals surface area contributed by atoms with Gasteiger partial charge in [0.1, 0.15) is 4.88 Å². The number of thiophene rings is 1. The highest BCUT2D eigenvalue weighted by Crippen LogP contribution is 2.32. The molecule has 1 aliphatic carbocycles. The number of carbonyl (C=O) groups is 3. The lowest BCUT2D eigenvalue weighted by Gasteiger charge is -2.16. The van der Waals surface area contributed by atoms with Gasteiger partial charge in [0, 0.05) is 27.5 Å². The maximum Gasteiger partial charge on any atom is 0.348 e. The summed E-state index contributed by atoms with van der Waals surface area (Å²) >= 11 is 1.48. The van der Waals surface area contributed by atoms with Crippen molar-refractivity contribution in [2.75, 3.05) is 13.7 Å². The van der Waals surface area contributed by atoms with Crippen molar-refractivity contribution in [1.82, 2.24) is 4.57 Å². The van der Waals surface area contributed by atoms with E-state index in [2.05, 4.69) is 6.92 Å². The predicted molar refractivity (Wildman–Crippen MR) is 127 cm³/mol. The molecule has 4 rings (SSSR count). The fourth-order valence-corrected chi connectivity index (χ4v) is 5.50. The smallest absolute Gasteiger partial charge is 0.348 e. The number of nitrogens with zero attached hydrogens (tertiary/aromatic N) is 1. The van der Waals surface area contributed by atoms with E-state index in [0.29, 0.717) is 21.9 Å². The minimum atomic E-state index is -0.442. The summed E-state index contributed by atoms with van der Waals surface area (Å²) in [7, 11) is 1.34. The number of aryl methyl sites for hydroxylation is 2. The number of methoxy groups -OCH3 is 1. The molecule has 172 valence electrons. The third-order valence-corrected chi connectivity index (χ3v) is 7.36. The first-order valence-corrected chi connectivity index (χ1v) is 11.8. The van der Waals surface area contributed by atoms with Gasteiger partial charge in [0.15, 0.2) is 6.61 Å². The van der Waals surface area contributed by atoms with Crippen LogP contribution in [0.5, 0.6) is 0 Å². The minimum Gasteiger partial charge on any atom is -0.465 e. The fraction of sp³-hybridized carbons (Fsp3) is 0.346. The first-order valence-electron chi connectivity index (χ1n) is 11.0. The number of benzene rings is 1. The van der Waals surface area contributed by atoms with Gasteiger partial charge in [0.25, 0.3) is 0 Å². The zero-order valence-corrected chi connectivity index (χ0v) is 20.1. The normalized spacial score (nSPS) is 15.1. The topological polar surface area (TPSA) is 74.6 Å². The number of hydrogen-bond acceptors (Lipinski definition) is 6. The van der Waals surface area contributed by atoms with E-state index in [-0.39, 0.29) is 12.4 Å². The monoisotopic (exact) mass is 465 g/mol. The number of rotatable bonds is 6. The summed E-state index contributed by atoms with van der Waals surface area (Å²) in [6.07, 6.45) is 3.13. The molecule has 2 aromatic heterocycles. The molecule has 0 spiro atoms. The highest BCUT2D eigenvalue weighted by atomic mass is 32.1. The van der Waals surface area contributed by atoms with Gasteiger partial charge < -0.3 is 14.0 Å². The van der Waals surface area contributed by atoms with Crippen LogP contribution in [-0.4, -0.2) is 36.0 Å². The number of carbonyl (C=O) groups excluding carboxylic acids is 3. The zero-order chi connectivity index (χ0) is 23.7. The molecule has 6 nitrogen and oxygen atoms in total. The molecule has 3 aromatic rings. The van der Waals surface area contributed by atoms with Crippen molar-refractivity contribution in [1.29, 1.82) is 0 Å². The zero-order valence-electron chi connectivity index (χ0n) is 19.3. The maximum absolute atomic E-state index is 12.9. The molecule has 0 saturated carbocycles. The Hall–Kier alpha value is -3.19. The van der Waals surface area contributed by atoms with Gasteiger partial charge in [-0.2, -0.15) is 0 Å². The SMILES string of the molecule is COC(=O)c1ccc(-n2c(C)cc(C(=O)COC(=O)c3cc4c(s3)CCC(C)C4)c2C)cc1. The molecule has 0 radical (unpaired) electrons. The average Bonchev–Trinajstić information content (AvgIpc) is 3.36. The van der Waals surface area contributed by atoms with E-state index in [1.807, 2.05) is 24.5 Å². The lowest BCUT2D eigenvalue weighted by molar-refractivity contribution is 0.0479. The van der Waals surface area contributed by atoms with Crippen LogP contribution in [0.15, 0.2) is 36.4 Å². The molecular formula is C26H27NO5S. The summed E-state index contributed by atoms with van der Waals surface area (Å²) in [6, 6.07) is 10.7. The molecule has 1 aliphatic rings. The van der Waals surface area contributed by atoms with Gasteiger partial charge in [-0.25, -0.2) is 9.59 Å². The highest BCUT2D eigenvalue weighted by molar-refractivity contribution is 7.14. The van der Waals surface area contributed by atoms with Crippen LogP contribution in [-0.2, 0) is 22.3 Å². The number of aromatic nitrogens is 1. The van der Waals surface area contributed by atoms with Crippen LogP contribution in [0, 0.1) is 19.8 Å². The van der Waals surface area contributed by atoms with E-state index < -0.39 is 11.9 Å². The molecular weight excluding hydrogens is 438 g/mol. The molecule has 0 N–H and O–H groups in total. The van der Waals surface area contributed by atoms with Crippen molar-refractivity contribution in [2.45, 2.75) is 40.0 Å². The van der Waals surface area contributed by atoms with E-state index in [9.17, 15) is 14.4 Å². The number of ketones is 1. The Labute approximate surface area is 197 Å². The molecule has 2 heterocycles. The van der Waals surface area contributed by atoms with E-state index >= 15 is 0 Å². The van der Waals surface area contributed by atoms with Crippen molar-refractivity contribution in [2.24, 2.45) is 5.92 Å². The number of Topliss-reactive ketones (excluding diaryl/α,β-unsaturated/α-hetero) is 1. The van der Waals surface area contributed by atoms with E-state index in [4.69, 9.17) is 9.47 Å². The maximum atomic E-state index is 12.9. The molecule has 1 unspecified atom stereocenters. The Bertz CT molecular complexity index is 1220. The van der Waals surface area contributed by atoms with Crippen LogP contribution >= 0.6 is 11.3 Å². The summed E-state index contributed by atoms with van der Waals surface area (Å²) < 4.78 is 12.0. The second-order valence-corrected chi connectivity index (χ2v) is 9.70. The average molecular weight is 466 g/mol. The van der Waals surface area contributed by atoms with Crippen molar-refractivity contribution in [3.63, 3.8) is 0 Å². The Morgan fingerprint density at radius 3 is 2.52 bits per heavy atom. The Balaban J connectivity index is 1.46.